The van der Waals surface area contributed by atoms with Gasteiger partial charge >= 0.3 is 0 Å². The van der Waals surface area contributed by atoms with E-state index in [4.69, 9.17) is 4.42 Å². The van der Waals surface area contributed by atoms with Crippen LogP contribution in [0.2, 0.25) is 0 Å². The van der Waals surface area contributed by atoms with Gasteiger partial charge in [0.25, 0.3) is 0 Å². The van der Waals surface area contributed by atoms with Gasteiger partial charge in [-0.15, -0.1) is 0 Å². The SMILES string of the molecule is c1ccc(-c2cccc(C(c3ccc4c(ccc5c6ccccc6ccc45)c3)c3ccc4c(c3)c3ccccc3n4-c3ccc4c(c3)oc3ccccc34)c2)cc1. The molecule has 266 valence electrons. The summed E-state index contributed by atoms with van der Waals surface area (Å²) in [6.07, 6.45) is 0. The highest BCUT2D eigenvalue weighted by Crippen LogP contribution is 2.41. The molecule has 1 atom stereocenters. The molecule has 57 heavy (non-hydrogen) atoms. The molecule has 0 saturated carbocycles. The molecule has 0 aliphatic heterocycles. The lowest BCUT2D eigenvalue weighted by molar-refractivity contribution is 0.668. The van der Waals surface area contributed by atoms with Crippen LogP contribution < -0.4 is 0 Å². The third-order valence-electron chi connectivity index (χ3n) is 12.1. The Labute approximate surface area is 329 Å². The van der Waals surface area contributed by atoms with Crippen molar-refractivity contribution in [2.75, 3.05) is 0 Å². The van der Waals surface area contributed by atoms with Gasteiger partial charge in [0, 0.05) is 39.2 Å². The monoisotopic (exact) mass is 725 g/mol. The van der Waals surface area contributed by atoms with E-state index in [2.05, 4.69) is 199 Å². The molecule has 2 nitrogen and oxygen atoms in total. The van der Waals surface area contributed by atoms with Crippen molar-refractivity contribution < 1.29 is 4.42 Å². The van der Waals surface area contributed by atoms with Crippen molar-refractivity contribution in [2.45, 2.75) is 5.92 Å². The summed E-state index contributed by atoms with van der Waals surface area (Å²) in [5.41, 5.74) is 11.5. The summed E-state index contributed by atoms with van der Waals surface area (Å²) in [7, 11) is 0. The first-order valence-corrected chi connectivity index (χ1v) is 19.7. The Hall–Kier alpha value is -7.42. The Morgan fingerprint density at radius 1 is 0.316 bits per heavy atom. The summed E-state index contributed by atoms with van der Waals surface area (Å²) >= 11 is 0. The molecule has 0 radical (unpaired) electrons. The maximum Gasteiger partial charge on any atom is 0.137 e. The molecule has 12 rings (SSSR count). The summed E-state index contributed by atoms with van der Waals surface area (Å²) in [6.45, 7) is 0. The zero-order valence-corrected chi connectivity index (χ0v) is 31.1. The molecule has 0 aliphatic rings. The largest absolute Gasteiger partial charge is 0.456 e. The Bertz CT molecular complexity index is 3530. The molecule has 0 spiro atoms. The van der Waals surface area contributed by atoms with E-state index in [-0.39, 0.29) is 5.92 Å². The van der Waals surface area contributed by atoms with Crippen LogP contribution in [0.1, 0.15) is 22.6 Å². The first kappa shape index (κ1) is 31.9. The van der Waals surface area contributed by atoms with Gasteiger partial charge in [-0.1, -0.05) is 164 Å². The number of aromatic nitrogens is 1. The van der Waals surface area contributed by atoms with Gasteiger partial charge in [-0.25, -0.2) is 0 Å². The van der Waals surface area contributed by atoms with Gasteiger partial charge < -0.3 is 8.98 Å². The second-order valence-corrected chi connectivity index (χ2v) is 15.3. The van der Waals surface area contributed by atoms with Crippen molar-refractivity contribution in [3.63, 3.8) is 0 Å². The molecule has 0 fully saturated rings. The Morgan fingerprint density at radius 3 is 1.82 bits per heavy atom. The zero-order chi connectivity index (χ0) is 37.5. The fraction of sp³-hybridized carbons (Fsp3) is 0.0182. The van der Waals surface area contributed by atoms with Gasteiger partial charge in [0.1, 0.15) is 11.2 Å². The van der Waals surface area contributed by atoms with Crippen molar-refractivity contribution in [3.8, 4) is 16.8 Å². The van der Waals surface area contributed by atoms with Crippen LogP contribution in [0.15, 0.2) is 211 Å². The third kappa shape index (κ3) is 5.04. The molecule has 0 amide bonds. The molecule has 12 aromatic rings. The molecule has 0 saturated heterocycles. The van der Waals surface area contributed by atoms with E-state index in [9.17, 15) is 0 Å². The number of fused-ring (bicyclic) bond motifs is 11. The van der Waals surface area contributed by atoms with Crippen LogP contribution in [0.5, 0.6) is 0 Å². The highest BCUT2D eigenvalue weighted by atomic mass is 16.3. The maximum absolute atomic E-state index is 6.37. The standard InChI is InChI=1S/C55H35NO/c1-2-11-35(12-3-1)37-14-10-15-39(31-37)55(40-23-26-44-38(32-40)22-28-45-43-16-5-4-13-36(43)21-27-46(44)45)41-24-30-52-50(33-41)47-17-6-8-19-51(47)56(52)42-25-29-49-48-18-7-9-20-53(48)57-54(49)34-42/h1-34,55H. The third-order valence-corrected chi connectivity index (χ3v) is 12.1. The minimum Gasteiger partial charge on any atom is -0.456 e. The van der Waals surface area contributed by atoms with Gasteiger partial charge in [0.2, 0.25) is 0 Å². The average Bonchev–Trinajstić information content (AvgIpc) is 3.81. The van der Waals surface area contributed by atoms with Crippen LogP contribution in [0.4, 0.5) is 0 Å². The van der Waals surface area contributed by atoms with Crippen molar-refractivity contribution in [1.29, 1.82) is 0 Å². The van der Waals surface area contributed by atoms with E-state index in [0.717, 1.165) is 27.6 Å². The van der Waals surface area contributed by atoms with Gasteiger partial charge in [-0.3, -0.25) is 0 Å². The maximum atomic E-state index is 6.37. The Kier molecular flexibility index (Phi) is 7.02. The van der Waals surface area contributed by atoms with E-state index in [1.807, 2.05) is 12.1 Å². The number of hydrogen-bond acceptors (Lipinski definition) is 1. The zero-order valence-electron chi connectivity index (χ0n) is 31.1. The quantitative estimate of drug-likeness (QED) is 0.128. The minimum absolute atomic E-state index is 0.00349. The summed E-state index contributed by atoms with van der Waals surface area (Å²) in [4.78, 5) is 0. The predicted molar refractivity (Wildman–Crippen MR) is 240 cm³/mol. The van der Waals surface area contributed by atoms with E-state index < -0.39 is 0 Å². The van der Waals surface area contributed by atoms with Gasteiger partial charge in [-0.05, 0) is 96.5 Å². The van der Waals surface area contributed by atoms with Crippen LogP contribution in [0.3, 0.4) is 0 Å². The molecule has 0 N–H and O–H groups in total. The van der Waals surface area contributed by atoms with Crippen LogP contribution in [-0.4, -0.2) is 4.57 Å². The number of benzene rings is 10. The molecule has 0 bridgehead atoms. The van der Waals surface area contributed by atoms with Crippen LogP contribution >= 0.6 is 0 Å². The normalized spacial score (nSPS) is 12.5. The smallest absolute Gasteiger partial charge is 0.137 e. The predicted octanol–water partition coefficient (Wildman–Crippen LogP) is 15.0. The van der Waals surface area contributed by atoms with Crippen molar-refractivity contribution >= 4 is 76.1 Å². The number of hydrogen-bond donors (Lipinski definition) is 0. The number of para-hydroxylation sites is 2. The molecular weight excluding hydrogens is 691 g/mol. The van der Waals surface area contributed by atoms with Crippen LogP contribution in [0.25, 0.3) is 92.9 Å². The first-order chi connectivity index (χ1) is 28.2. The van der Waals surface area contributed by atoms with E-state index in [1.165, 1.54) is 81.9 Å². The van der Waals surface area contributed by atoms with Crippen molar-refractivity contribution in [1.82, 2.24) is 4.57 Å². The van der Waals surface area contributed by atoms with Crippen LogP contribution in [0, 0.1) is 0 Å². The fourth-order valence-electron chi connectivity index (χ4n) is 9.43. The second kappa shape index (κ2) is 12.6. The Morgan fingerprint density at radius 2 is 0.930 bits per heavy atom. The lowest BCUT2D eigenvalue weighted by Crippen LogP contribution is -2.04. The molecule has 0 aliphatic carbocycles. The van der Waals surface area contributed by atoms with E-state index in [0.29, 0.717) is 0 Å². The van der Waals surface area contributed by atoms with E-state index in [1.54, 1.807) is 0 Å². The van der Waals surface area contributed by atoms with Crippen molar-refractivity contribution in [3.05, 3.63) is 223 Å². The topological polar surface area (TPSA) is 18.1 Å². The van der Waals surface area contributed by atoms with Gasteiger partial charge in [0.15, 0.2) is 0 Å². The summed E-state index contributed by atoms with van der Waals surface area (Å²) in [5, 5.41) is 12.4. The second-order valence-electron chi connectivity index (χ2n) is 15.3. The van der Waals surface area contributed by atoms with E-state index >= 15 is 0 Å². The summed E-state index contributed by atoms with van der Waals surface area (Å²) in [5.74, 6) is 0.00349. The highest BCUT2D eigenvalue weighted by Gasteiger charge is 2.22. The molecule has 1 unspecified atom stereocenters. The van der Waals surface area contributed by atoms with Gasteiger partial charge in [-0.2, -0.15) is 0 Å². The van der Waals surface area contributed by atoms with Gasteiger partial charge in [0.05, 0.1) is 11.0 Å². The first-order valence-electron chi connectivity index (χ1n) is 19.7. The molecule has 2 aromatic heterocycles. The number of rotatable bonds is 5. The Balaban J connectivity index is 1.06. The number of furan rings is 1. The highest BCUT2D eigenvalue weighted by molar-refractivity contribution is 6.17. The lowest BCUT2D eigenvalue weighted by Gasteiger charge is -2.21. The molecular formula is C55H35NO. The van der Waals surface area contributed by atoms with Crippen molar-refractivity contribution in [2.24, 2.45) is 0 Å². The van der Waals surface area contributed by atoms with Crippen LogP contribution in [-0.2, 0) is 0 Å². The molecule has 2 heterocycles. The fourth-order valence-corrected chi connectivity index (χ4v) is 9.43. The molecule has 2 heteroatoms. The lowest BCUT2D eigenvalue weighted by atomic mass is 9.82. The minimum atomic E-state index is 0.00349. The number of nitrogens with zero attached hydrogens (tertiary/aromatic N) is 1. The summed E-state index contributed by atoms with van der Waals surface area (Å²) < 4.78 is 8.75. The summed E-state index contributed by atoms with van der Waals surface area (Å²) in [6, 6.07) is 75.5. The average molecular weight is 726 g/mol. The molecule has 10 aromatic carbocycles.